The van der Waals surface area contributed by atoms with E-state index in [0.29, 0.717) is 39.1 Å². The normalized spacial score (nSPS) is 20.9. The van der Waals surface area contributed by atoms with E-state index in [-0.39, 0.29) is 5.92 Å². The maximum Gasteiger partial charge on any atom is 0.335 e. The highest BCUT2D eigenvalue weighted by molar-refractivity contribution is 6.76. The van der Waals surface area contributed by atoms with Crippen LogP contribution in [0.4, 0.5) is 5.82 Å². The third kappa shape index (κ3) is 8.34. The topological polar surface area (TPSA) is 98.4 Å². The van der Waals surface area contributed by atoms with Gasteiger partial charge in [0.1, 0.15) is 19.3 Å². The van der Waals surface area contributed by atoms with Crippen molar-refractivity contribution in [2.45, 2.75) is 88.6 Å². The third-order valence-electron chi connectivity index (χ3n) is 7.16. The van der Waals surface area contributed by atoms with Gasteiger partial charge in [-0.2, -0.15) is 9.61 Å². The Morgan fingerprint density at radius 1 is 1.08 bits per heavy atom. The number of anilines is 1. The molecule has 2 aromatic heterocycles. The Hall–Kier alpha value is -1.80. The molecule has 1 saturated carbocycles. The number of fused-ring (bicyclic) bond motifs is 1. The molecule has 0 radical (unpaired) electrons. The minimum atomic E-state index is -1.20. The SMILES string of the molecule is COC1(C(=O)O)CCC(c2cc(N(COCC[Si](C)(C)C)COCC[Si](C)(C)C)n3nccc3n2)CC1. The van der Waals surface area contributed by atoms with Gasteiger partial charge in [0.15, 0.2) is 11.2 Å². The predicted octanol–water partition coefficient (Wildman–Crippen LogP) is 5.29. The van der Waals surface area contributed by atoms with Gasteiger partial charge in [0.25, 0.3) is 0 Å². The smallest absolute Gasteiger partial charge is 0.335 e. The van der Waals surface area contributed by atoms with Crippen LogP contribution in [0.2, 0.25) is 51.4 Å². The van der Waals surface area contributed by atoms with Crippen LogP contribution in [0, 0.1) is 0 Å². The molecule has 1 fully saturated rings. The standard InChI is InChI=1S/C26H46N4O5Si2/c1-33-26(25(31)32)11-8-21(9-12-26)22-18-24(30-23(28-22)10-13-27-30)29(19-34-14-16-36(2,3)4)20-35-15-17-37(5,6)7/h10,13,18,21H,8-9,11-12,14-17,19-20H2,1-7H3,(H,31,32). The lowest BCUT2D eigenvalue weighted by atomic mass is 9.77. The first-order valence-corrected chi connectivity index (χ1v) is 20.8. The summed E-state index contributed by atoms with van der Waals surface area (Å²) < 4.78 is 19.6. The van der Waals surface area contributed by atoms with Crippen molar-refractivity contribution in [3.63, 3.8) is 0 Å². The van der Waals surface area contributed by atoms with Gasteiger partial charge in [0.05, 0.1) is 6.20 Å². The third-order valence-corrected chi connectivity index (χ3v) is 10.6. The van der Waals surface area contributed by atoms with Crippen molar-refractivity contribution < 1.29 is 24.1 Å². The van der Waals surface area contributed by atoms with Gasteiger partial charge in [-0.05, 0) is 37.8 Å². The van der Waals surface area contributed by atoms with Gasteiger partial charge in [0, 0.05) is 60.2 Å². The Bertz CT molecular complexity index is 1000. The van der Waals surface area contributed by atoms with Crippen LogP contribution in [0.25, 0.3) is 5.65 Å². The zero-order chi connectivity index (χ0) is 27.3. The summed E-state index contributed by atoms with van der Waals surface area (Å²) in [6.45, 7) is 16.4. The van der Waals surface area contributed by atoms with Crippen LogP contribution in [-0.2, 0) is 19.0 Å². The first-order valence-electron chi connectivity index (χ1n) is 13.4. The molecule has 3 rings (SSSR count). The molecule has 0 amide bonds. The second kappa shape index (κ2) is 12.4. The molecule has 9 nitrogen and oxygen atoms in total. The number of ether oxygens (including phenoxy) is 3. The van der Waals surface area contributed by atoms with Crippen molar-refractivity contribution in [1.29, 1.82) is 0 Å². The molecule has 1 N–H and O–H groups in total. The van der Waals surface area contributed by atoms with E-state index in [1.807, 2.05) is 10.6 Å². The van der Waals surface area contributed by atoms with E-state index in [0.717, 1.165) is 42.5 Å². The van der Waals surface area contributed by atoms with Crippen LogP contribution >= 0.6 is 0 Å². The fraction of sp³-hybridized carbons (Fsp3) is 0.731. The van der Waals surface area contributed by atoms with Crippen molar-refractivity contribution in [3.05, 3.63) is 24.0 Å². The van der Waals surface area contributed by atoms with Crippen molar-refractivity contribution in [3.8, 4) is 0 Å². The summed E-state index contributed by atoms with van der Waals surface area (Å²) in [5.41, 5.74) is 0.622. The minimum absolute atomic E-state index is 0.156. The molecule has 37 heavy (non-hydrogen) atoms. The van der Waals surface area contributed by atoms with Crippen molar-refractivity contribution in [2.75, 3.05) is 38.7 Å². The minimum Gasteiger partial charge on any atom is -0.479 e. The molecule has 2 aromatic rings. The second-order valence-corrected chi connectivity index (χ2v) is 23.9. The van der Waals surface area contributed by atoms with Gasteiger partial charge in [-0.15, -0.1) is 0 Å². The van der Waals surface area contributed by atoms with Crippen molar-refractivity contribution in [1.82, 2.24) is 14.6 Å². The summed E-state index contributed by atoms with van der Waals surface area (Å²) in [6, 6.07) is 6.18. The van der Waals surface area contributed by atoms with E-state index in [2.05, 4.69) is 55.3 Å². The highest BCUT2D eigenvalue weighted by Crippen LogP contribution is 2.40. The molecule has 0 unspecified atom stereocenters. The van der Waals surface area contributed by atoms with Crippen LogP contribution in [-0.4, -0.2) is 81.2 Å². The van der Waals surface area contributed by atoms with Gasteiger partial charge in [0.2, 0.25) is 0 Å². The van der Waals surface area contributed by atoms with Crippen LogP contribution in [0.5, 0.6) is 0 Å². The number of aromatic nitrogens is 3. The summed E-state index contributed by atoms with van der Waals surface area (Å²) >= 11 is 0. The van der Waals surface area contributed by atoms with Gasteiger partial charge in [-0.25, -0.2) is 9.78 Å². The molecule has 0 aliphatic heterocycles. The zero-order valence-corrected chi connectivity index (χ0v) is 25.7. The molecule has 0 spiro atoms. The highest BCUT2D eigenvalue weighted by atomic mass is 28.3. The summed E-state index contributed by atoms with van der Waals surface area (Å²) in [6.07, 6.45) is 4.10. The molecule has 2 heterocycles. The van der Waals surface area contributed by atoms with Crippen LogP contribution < -0.4 is 4.90 Å². The zero-order valence-electron chi connectivity index (χ0n) is 23.7. The molecule has 0 bridgehead atoms. The lowest BCUT2D eigenvalue weighted by Crippen LogP contribution is -2.43. The van der Waals surface area contributed by atoms with Crippen molar-refractivity contribution in [2.24, 2.45) is 0 Å². The average molecular weight is 551 g/mol. The lowest BCUT2D eigenvalue weighted by Gasteiger charge is -2.35. The number of aliphatic carboxylic acids is 1. The Morgan fingerprint density at radius 3 is 2.14 bits per heavy atom. The number of carbonyl (C=O) groups is 1. The van der Waals surface area contributed by atoms with Gasteiger partial charge >= 0.3 is 5.97 Å². The van der Waals surface area contributed by atoms with Gasteiger partial charge < -0.3 is 24.2 Å². The molecule has 11 heteroatoms. The summed E-state index contributed by atoms with van der Waals surface area (Å²) in [4.78, 5) is 18.8. The first-order chi connectivity index (χ1) is 17.3. The number of hydrogen-bond acceptors (Lipinski definition) is 7. The molecule has 1 aliphatic rings. The molecule has 0 saturated heterocycles. The summed E-state index contributed by atoms with van der Waals surface area (Å²) in [5.74, 6) is 0.155. The number of methoxy groups -OCH3 is 1. The summed E-state index contributed by atoms with van der Waals surface area (Å²) in [7, 11) is -0.905. The maximum absolute atomic E-state index is 11.8. The monoisotopic (exact) mass is 550 g/mol. The van der Waals surface area contributed by atoms with Gasteiger partial charge in [-0.1, -0.05) is 39.3 Å². The second-order valence-electron chi connectivity index (χ2n) is 12.7. The number of rotatable bonds is 14. The Morgan fingerprint density at radius 2 is 1.65 bits per heavy atom. The lowest BCUT2D eigenvalue weighted by molar-refractivity contribution is -0.166. The number of hydrogen-bond donors (Lipinski definition) is 1. The largest absolute Gasteiger partial charge is 0.479 e. The number of carboxylic acid groups (broad SMARTS) is 1. The van der Waals surface area contributed by atoms with Crippen LogP contribution in [0.15, 0.2) is 18.3 Å². The highest BCUT2D eigenvalue weighted by Gasteiger charge is 2.43. The summed E-state index contributed by atoms with van der Waals surface area (Å²) in [5, 5.41) is 14.2. The fourth-order valence-electron chi connectivity index (χ4n) is 4.51. The number of nitrogens with zero attached hydrogens (tertiary/aromatic N) is 4. The fourth-order valence-corrected chi connectivity index (χ4v) is 6.02. The molecular weight excluding hydrogens is 504 g/mol. The van der Waals surface area contributed by atoms with E-state index in [4.69, 9.17) is 19.2 Å². The van der Waals surface area contributed by atoms with Crippen LogP contribution in [0.3, 0.4) is 0 Å². The molecule has 1 aliphatic carbocycles. The Balaban J connectivity index is 1.82. The van der Waals surface area contributed by atoms with E-state index in [9.17, 15) is 9.90 Å². The Kier molecular flexibility index (Phi) is 9.95. The first kappa shape index (κ1) is 29.8. The quantitative estimate of drug-likeness (QED) is 0.193. The average Bonchev–Trinajstić information content (AvgIpc) is 3.30. The molecule has 208 valence electrons. The predicted molar refractivity (Wildman–Crippen MR) is 152 cm³/mol. The molecule has 0 aromatic carbocycles. The molecular formula is C26H46N4O5Si2. The number of carboxylic acids is 1. The Labute approximate surface area is 223 Å². The van der Waals surface area contributed by atoms with E-state index in [1.54, 1.807) is 6.20 Å². The van der Waals surface area contributed by atoms with E-state index >= 15 is 0 Å². The maximum atomic E-state index is 11.8. The van der Waals surface area contributed by atoms with E-state index < -0.39 is 27.7 Å². The van der Waals surface area contributed by atoms with Gasteiger partial charge in [-0.3, -0.25) is 0 Å². The van der Waals surface area contributed by atoms with Crippen molar-refractivity contribution >= 4 is 33.6 Å². The van der Waals surface area contributed by atoms with Crippen LogP contribution in [0.1, 0.15) is 37.3 Å². The molecule has 0 atom stereocenters. The van der Waals surface area contributed by atoms with E-state index in [1.165, 1.54) is 7.11 Å².